The number of nitro groups is 1. The molecule has 0 bridgehead atoms. The van der Waals surface area contributed by atoms with Gasteiger partial charge in [0.15, 0.2) is 5.82 Å². The summed E-state index contributed by atoms with van der Waals surface area (Å²) in [7, 11) is 2.39. The third-order valence-corrected chi connectivity index (χ3v) is 2.85. The van der Waals surface area contributed by atoms with Crippen molar-refractivity contribution in [2.45, 2.75) is 0 Å². The van der Waals surface area contributed by atoms with Crippen molar-refractivity contribution in [1.29, 1.82) is 0 Å². The van der Waals surface area contributed by atoms with Crippen molar-refractivity contribution < 1.29 is 24.0 Å². The number of hydrogen-bond donors (Lipinski definition) is 1. The summed E-state index contributed by atoms with van der Waals surface area (Å²) in [5, 5.41) is 19.4. The minimum atomic E-state index is -1.11. The van der Waals surface area contributed by atoms with Crippen LogP contribution in [-0.4, -0.2) is 43.3 Å². The maximum atomic E-state index is 14.0. The highest BCUT2D eigenvalue weighted by atomic mass is 35.5. The molecule has 0 heterocycles. The van der Waals surface area contributed by atoms with E-state index in [0.717, 1.165) is 13.2 Å². The third-order valence-electron chi connectivity index (χ3n) is 2.58. The van der Waals surface area contributed by atoms with E-state index in [1.54, 1.807) is 0 Å². The number of anilines is 1. The lowest BCUT2D eigenvalue weighted by Gasteiger charge is -2.21. The molecule has 0 saturated carbocycles. The van der Waals surface area contributed by atoms with E-state index in [2.05, 4.69) is 4.74 Å². The van der Waals surface area contributed by atoms with Gasteiger partial charge in [-0.2, -0.15) is 0 Å². The van der Waals surface area contributed by atoms with Gasteiger partial charge in [0.25, 0.3) is 5.69 Å². The van der Waals surface area contributed by atoms with E-state index in [0.29, 0.717) is 0 Å². The predicted molar refractivity (Wildman–Crippen MR) is 69.8 cm³/mol. The number of carbonyl (C=O) groups is 1. The quantitative estimate of drug-likeness (QED) is 0.504. The summed E-state index contributed by atoms with van der Waals surface area (Å²) in [4.78, 5) is 23.1. The summed E-state index contributed by atoms with van der Waals surface area (Å²) in [6.45, 7) is -0.371. The molecule has 0 spiro atoms. The highest BCUT2D eigenvalue weighted by Crippen LogP contribution is 2.37. The smallest absolute Gasteiger partial charge is 0.343 e. The molecule has 1 rings (SSSR count). The van der Waals surface area contributed by atoms with Gasteiger partial charge in [-0.15, -0.1) is 0 Å². The highest BCUT2D eigenvalue weighted by molar-refractivity contribution is 6.31. The van der Waals surface area contributed by atoms with E-state index in [-0.39, 0.29) is 18.8 Å². The van der Waals surface area contributed by atoms with E-state index >= 15 is 0 Å². The number of nitro benzene ring substituents is 1. The van der Waals surface area contributed by atoms with Gasteiger partial charge < -0.3 is 14.7 Å². The number of likely N-dealkylation sites (N-methyl/N-ethyl adjacent to an activating group) is 1. The molecule has 0 radical (unpaired) electrons. The fourth-order valence-corrected chi connectivity index (χ4v) is 1.88. The second kappa shape index (κ2) is 6.49. The van der Waals surface area contributed by atoms with Crippen LogP contribution in [0.4, 0.5) is 15.8 Å². The topological polar surface area (TPSA) is 92.9 Å². The zero-order valence-corrected chi connectivity index (χ0v) is 11.5. The van der Waals surface area contributed by atoms with E-state index in [9.17, 15) is 19.3 Å². The number of benzene rings is 1. The van der Waals surface area contributed by atoms with Gasteiger partial charge in [0.05, 0.1) is 23.7 Å². The SMILES string of the molecule is COC(=O)c1c(F)c(Cl)cc([N+](=O)[O-])c1N(C)CCO. The first-order valence-corrected chi connectivity index (χ1v) is 5.79. The number of nitrogens with zero attached hydrogens (tertiary/aromatic N) is 2. The molecular weight excluding hydrogens is 295 g/mol. The van der Waals surface area contributed by atoms with Crippen LogP contribution in [0.5, 0.6) is 0 Å². The largest absolute Gasteiger partial charge is 0.465 e. The molecule has 7 nitrogen and oxygen atoms in total. The van der Waals surface area contributed by atoms with Crippen molar-refractivity contribution in [2.24, 2.45) is 0 Å². The molecule has 0 aliphatic rings. The first kappa shape index (κ1) is 16.1. The van der Waals surface area contributed by atoms with Gasteiger partial charge in [-0.05, 0) is 0 Å². The van der Waals surface area contributed by atoms with Gasteiger partial charge in [-0.25, -0.2) is 9.18 Å². The normalized spacial score (nSPS) is 10.2. The summed E-state index contributed by atoms with van der Waals surface area (Å²) in [6.07, 6.45) is 0. The van der Waals surface area contributed by atoms with Crippen LogP contribution in [0.2, 0.25) is 5.02 Å². The zero-order chi connectivity index (χ0) is 15.4. The second-order valence-corrected chi connectivity index (χ2v) is 4.22. The van der Waals surface area contributed by atoms with Crippen LogP contribution in [0, 0.1) is 15.9 Å². The molecular formula is C11H12ClFN2O5. The van der Waals surface area contributed by atoms with Gasteiger partial charge in [-0.1, -0.05) is 11.6 Å². The molecule has 110 valence electrons. The van der Waals surface area contributed by atoms with Crippen LogP contribution in [0.1, 0.15) is 10.4 Å². The Labute approximate surface area is 118 Å². The molecule has 9 heteroatoms. The third kappa shape index (κ3) is 2.97. The van der Waals surface area contributed by atoms with Crippen LogP contribution >= 0.6 is 11.6 Å². The Kier molecular flexibility index (Phi) is 5.23. The summed E-state index contributed by atoms with van der Waals surface area (Å²) in [5.41, 5.74) is -1.48. The van der Waals surface area contributed by atoms with Gasteiger partial charge in [0.2, 0.25) is 0 Å². The van der Waals surface area contributed by atoms with Crippen molar-refractivity contribution in [1.82, 2.24) is 0 Å². The van der Waals surface area contributed by atoms with Gasteiger partial charge in [-0.3, -0.25) is 10.1 Å². The van der Waals surface area contributed by atoms with E-state index in [1.807, 2.05) is 0 Å². The summed E-state index contributed by atoms with van der Waals surface area (Å²) in [6, 6.07) is 0.812. The van der Waals surface area contributed by atoms with E-state index in [4.69, 9.17) is 16.7 Å². The van der Waals surface area contributed by atoms with Gasteiger partial charge in [0, 0.05) is 19.7 Å². The number of rotatable bonds is 5. The first-order chi connectivity index (χ1) is 9.34. The Morgan fingerprint density at radius 2 is 2.25 bits per heavy atom. The number of carbonyl (C=O) groups excluding carboxylic acids is 1. The molecule has 0 aromatic heterocycles. The number of aliphatic hydroxyl groups is 1. The van der Waals surface area contributed by atoms with Crippen molar-refractivity contribution in [3.63, 3.8) is 0 Å². The molecule has 0 atom stereocenters. The summed E-state index contributed by atoms with van der Waals surface area (Å²) >= 11 is 5.56. The van der Waals surface area contributed by atoms with Crippen molar-refractivity contribution in [3.8, 4) is 0 Å². The van der Waals surface area contributed by atoms with Crippen LogP contribution in [0.25, 0.3) is 0 Å². The maximum Gasteiger partial charge on any atom is 0.343 e. The Morgan fingerprint density at radius 3 is 2.70 bits per heavy atom. The monoisotopic (exact) mass is 306 g/mol. The summed E-state index contributed by atoms with van der Waals surface area (Å²) < 4.78 is 18.4. The fourth-order valence-electron chi connectivity index (χ4n) is 1.68. The Morgan fingerprint density at radius 1 is 1.65 bits per heavy atom. The number of methoxy groups -OCH3 is 1. The molecule has 1 aromatic rings. The maximum absolute atomic E-state index is 14.0. The molecule has 0 amide bonds. The summed E-state index contributed by atoms with van der Waals surface area (Å²) in [5.74, 6) is -2.20. The van der Waals surface area contributed by atoms with Gasteiger partial charge in [0.1, 0.15) is 11.3 Å². The van der Waals surface area contributed by atoms with E-state index < -0.39 is 33.0 Å². The molecule has 20 heavy (non-hydrogen) atoms. The van der Waals surface area contributed by atoms with Crippen molar-refractivity contribution in [3.05, 3.63) is 32.6 Å². The molecule has 1 N–H and O–H groups in total. The lowest BCUT2D eigenvalue weighted by atomic mass is 10.1. The molecule has 1 aromatic carbocycles. The average Bonchev–Trinajstić information content (AvgIpc) is 2.40. The standard InChI is InChI=1S/C11H12ClFN2O5/c1-14(3-4-16)10-7(15(18)19)5-6(12)9(13)8(10)11(17)20-2/h5,16H,3-4H2,1-2H3. The highest BCUT2D eigenvalue weighted by Gasteiger charge is 2.31. The van der Waals surface area contributed by atoms with Crippen molar-refractivity contribution >= 4 is 28.9 Å². The number of halogens is 2. The first-order valence-electron chi connectivity index (χ1n) is 5.41. The number of esters is 1. The Bertz CT molecular complexity index is 552. The predicted octanol–water partition coefficient (Wildman–Crippen LogP) is 1.60. The second-order valence-electron chi connectivity index (χ2n) is 3.81. The zero-order valence-electron chi connectivity index (χ0n) is 10.7. The number of ether oxygens (including phenoxy) is 1. The molecule has 0 aliphatic heterocycles. The molecule has 0 unspecified atom stereocenters. The minimum absolute atomic E-state index is 0.0358. The van der Waals surface area contributed by atoms with Crippen molar-refractivity contribution in [2.75, 3.05) is 32.2 Å². The van der Waals surface area contributed by atoms with Crippen LogP contribution in [-0.2, 0) is 4.74 Å². The molecule has 0 aliphatic carbocycles. The van der Waals surface area contributed by atoms with Crippen LogP contribution in [0.15, 0.2) is 6.07 Å². The number of hydrogen-bond acceptors (Lipinski definition) is 6. The van der Waals surface area contributed by atoms with Crippen LogP contribution in [0.3, 0.4) is 0 Å². The van der Waals surface area contributed by atoms with E-state index in [1.165, 1.54) is 11.9 Å². The fraction of sp³-hybridized carbons (Fsp3) is 0.364. The van der Waals surface area contributed by atoms with Gasteiger partial charge >= 0.3 is 5.97 Å². The molecule has 0 fully saturated rings. The Balaban J connectivity index is 3.67. The number of aliphatic hydroxyl groups excluding tert-OH is 1. The lowest BCUT2D eigenvalue weighted by molar-refractivity contribution is -0.384. The minimum Gasteiger partial charge on any atom is -0.465 e. The molecule has 0 saturated heterocycles. The lowest BCUT2D eigenvalue weighted by Crippen LogP contribution is -2.25. The van der Waals surface area contributed by atoms with Crippen LogP contribution < -0.4 is 4.90 Å². The average molecular weight is 307 g/mol. The Hall–Kier alpha value is -1.93.